The maximum atomic E-state index is 12.3. The third kappa shape index (κ3) is 3.59. The first-order chi connectivity index (χ1) is 10.5. The van der Waals surface area contributed by atoms with Crippen LogP contribution in [0.2, 0.25) is 0 Å². The predicted octanol–water partition coefficient (Wildman–Crippen LogP) is 2.37. The number of carbonyl (C=O) groups is 2. The van der Waals surface area contributed by atoms with Crippen molar-refractivity contribution in [2.75, 3.05) is 32.1 Å². The summed E-state index contributed by atoms with van der Waals surface area (Å²) in [5.41, 5.74) is 2.16. The highest BCUT2D eigenvalue weighted by Gasteiger charge is 2.32. The molecule has 0 N–H and O–H groups in total. The molecule has 0 radical (unpaired) electrons. The molecule has 0 aliphatic carbocycles. The monoisotopic (exact) mass is 304 g/mol. The minimum atomic E-state index is -0.752. The van der Waals surface area contributed by atoms with Crippen LogP contribution in [0.3, 0.4) is 0 Å². The van der Waals surface area contributed by atoms with Crippen molar-refractivity contribution >= 4 is 17.6 Å². The molecule has 1 saturated heterocycles. The van der Waals surface area contributed by atoms with Gasteiger partial charge in [0.2, 0.25) is 0 Å². The van der Waals surface area contributed by atoms with Crippen LogP contribution in [0.5, 0.6) is 0 Å². The molecule has 0 aromatic heterocycles. The minimum absolute atomic E-state index is 0.0504. The molecule has 1 aliphatic heterocycles. The number of ether oxygens (including phenoxy) is 1. The second-order valence-corrected chi connectivity index (χ2v) is 5.72. The summed E-state index contributed by atoms with van der Waals surface area (Å²) in [5, 5.41) is 0. The maximum Gasteiger partial charge on any atom is 0.397 e. The SMILES string of the molecule is CCOC(=O)C(=O)N1CCCCC1c1cccc(N(C)C)c1. The summed E-state index contributed by atoms with van der Waals surface area (Å²) >= 11 is 0. The third-order valence-electron chi connectivity index (χ3n) is 3.99. The van der Waals surface area contributed by atoms with Crippen LogP contribution in [0, 0.1) is 0 Å². The molecule has 1 fully saturated rings. The molecular formula is C17H24N2O3. The average molecular weight is 304 g/mol. The van der Waals surface area contributed by atoms with Crippen LogP contribution in [0.15, 0.2) is 24.3 Å². The van der Waals surface area contributed by atoms with E-state index in [0.29, 0.717) is 6.54 Å². The number of piperidine rings is 1. The Hall–Kier alpha value is -2.04. The molecule has 1 aliphatic rings. The van der Waals surface area contributed by atoms with Crippen molar-refractivity contribution < 1.29 is 14.3 Å². The van der Waals surface area contributed by atoms with E-state index in [9.17, 15) is 9.59 Å². The Kier molecular flexibility index (Phi) is 5.41. The molecular weight excluding hydrogens is 280 g/mol. The largest absolute Gasteiger partial charge is 0.459 e. The number of benzene rings is 1. The Labute approximate surface area is 131 Å². The summed E-state index contributed by atoms with van der Waals surface area (Å²) in [4.78, 5) is 27.8. The lowest BCUT2D eigenvalue weighted by Gasteiger charge is -2.35. The highest BCUT2D eigenvalue weighted by molar-refractivity contribution is 6.32. The molecule has 1 amide bonds. The molecule has 5 nitrogen and oxygen atoms in total. The zero-order valence-electron chi connectivity index (χ0n) is 13.5. The van der Waals surface area contributed by atoms with Gasteiger partial charge in [-0.2, -0.15) is 0 Å². The van der Waals surface area contributed by atoms with Gasteiger partial charge in [-0.25, -0.2) is 4.79 Å². The topological polar surface area (TPSA) is 49.9 Å². The Balaban J connectivity index is 2.24. The summed E-state index contributed by atoms with van der Waals surface area (Å²) in [5.74, 6) is -1.28. The number of rotatable bonds is 3. The molecule has 1 aromatic carbocycles. The van der Waals surface area contributed by atoms with Crippen molar-refractivity contribution in [3.05, 3.63) is 29.8 Å². The van der Waals surface area contributed by atoms with E-state index in [1.54, 1.807) is 11.8 Å². The lowest BCUT2D eigenvalue weighted by Crippen LogP contribution is -2.43. The Morgan fingerprint density at radius 2 is 2.09 bits per heavy atom. The predicted molar refractivity (Wildman–Crippen MR) is 85.7 cm³/mol. The van der Waals surface area contributed by atoms with Crippen molar-refractivity contribution in [2.24, 2.45) is 0 Å². The van der Waals surface area contributed by atoms with Gasteiger partial charge in [0.15, 0.2) is 0 Å². The van der Waals surface area contributed by atoms with E-state index in [1.807, 2.05) is 37.2 Å². The number of likely N-dealkylation sites (tertiary alicyclic amines) is 1. The Morgan fingerprint density at radius 3 is 2.77 bits per heavy atom. The normalized spacial score (nSPS) is 18.0. The number of nitrogens with zero attached hydrogens (tertiary/aromatic N) is 2. The van der Waals surface area contributed by atoms with Gasteiger partial charge in [0, 0.05) is 26.3 Å². The van der Waals surface area contributed by atoms with Gasteiger partial charge in [0.05, 0.1) is 12.6 Å². The fourth-order valence-corrected chi connectivity index (χ4v) is 2.84. The van der Waals surface area contributed by atoms with Gasteiger partial charge in [0.1, 0.15) is 0 Å². The van der Waals surface area contributed by atoms with Gasteiger partial charge < -0.3 is 14.5 Å². The van der Waals surface area contributed by atoms with Crippen LogP contribution in [0.1, 0.15) is 37.8 Å². The van der Waals surface area contributed by atoms with E-state index >= 15 is 0 Å². The third-order valence-corrected chi connectivity index (χ3v) is 3.99. The second kappa shape index (κ2) is 7.29. The smallest absolute Gasteiger partial charge is 0.397 e. The van der Waals surface area contributed by atoms with Crippen LogP contribution in [0.4, 0.5) is 5.69 Å². The molecule has 1 aromatic rings. The number of hydrogen-bond acceptors (Lipinski definition) is 4. The first kappa shape index (κ1) is 16.3. The van der Waals surface area contributed by atoms with Crippen molar-refractivity contribution in [3.8, 4) is 0 Å². The van der Waals surface area contributed by atoms with Gasteiger partial charge in [-0.1, -0.05) is 12.1 Å². The summed E-state index contributed by atoms with van der Waals surface area (Å²) < 4.78 is 4.86. The standard InChI is InChI=1S/C17H24N2O3/c1-4-22-17(21)16(20)19-11-6-5-10-15(19)13-8-7-9-14(12-13)18(2)3/h7-9,12,15H,4-6,10-11H2,1-3H3. The highest BCUT2D eigenvalue weighted by atomic mass is 16.5. The van der Waals surface area contributed by atoms with Crippen LogP contribution >= 0.6 is 0 Å². The Morgan fingerprint density at radius 1 is 1.32 bits per heavy atom. The zero-order valence-corrected chi connectivity index (χ0v) is 13.5. The van der Waals surface area contributed by atoms with E-state index in [-0.39, 0.29) is 12.6 Å². The van der Waals surface area contributed by atoms with Gasteiger partial charge in [-0.3, -0.25) is 4.79 Å². The molecule has 2 rings (SSSR count). The maximum absolute atomic E-state index is 12.3. The summed E-state index contributed by atoms with van der Waals surface area (Å²) in [6.45, 7) is 2.53. The van der Waals surface area contributed by atoms with Gasteiger partial charge >= 0.3 is 11.9 Å². The quantitative estimate of drug-likeness (QED) is 0.635. The lowest BCUT2D eigenvalue weighted by atomic mass is 9.94. The fraction of sp³-hybridized carbons (Fsp3) is 0.529. The molecule has 1 heterocycles. The summed E-state index contributed by atoms with van der Waals surface area (Å²) in [6, 6.07) is 8.08. The van der Waals surface area contributed by atoms with E-state index in [0.717, 1.165) is 30.5 Å². The van der Waals surface area contributed by atoms with Crippen LogP contribution in [-0.4, -0.2) is 44.0 Å². The van der Waals surface area contributed by atoms with Gasteiger partial charge in [-0.15, -0.1) is 0 Å². The van der Waals surface area contributed by atoms with Crippen molar-refractivity contribution in [1.29, 1.82) is 0 Å². The number of esters is 1. The first-order valence-corrected chi connectivity index (χ1v) is 7.79. The van der Waals surface area contributed by atoms with E-state index in [4.69, 9.17) is 4.74 Å². The number of hydrogen-bond donors (Lipinski definition) is 0. The molecule has 5 heteroatoms. The van der Waals surface area contributed by atoms with Crippen molar-refractivity contribution in [3.63, 3.8) is 0 Å². The lowest BCUT2D eigenvalue weighted by molar-refractivity contribution is -0.161. The Bertz CT molecular complexity index is 542. The van der Waals surface area contributed by atoms with Gasteiger partial charge in [0.25, 0.3) is 0 Å². The van der Waals surface area contributed by atoms with E-state index < -0.39 is 11.9 Å². The number of carbonyl (C=O) groups excluding carboxylic acids is 2. The molecule has 22 heavy (non-hydrogen) atoms. The zero-order chi connectivity index (χ0) is 16.1. The van der Waals surface area contributed by atoms with E-state index in [1.165, 1.54) is 0 Å². The molecule has 1 atom stereocenters. The molecule has 0 bridgehead atoms. The van der Waals surface area contributed by atoms with Crippen molar-refractivity contribution in [2.45, 2.75) is 32.2 Å². The van der Waals surface area contributed by atoms with Crippen molar-refractivity contribution in [1.82, 2.24) is 4.90 Å². The average Bonchev–Trinajstić information content (AvgIpc) is 2.54. The fourth-order valence-electron chi connectivity index (χ4n) is 2.84. The number of amides is 1. The second-order valence-electron chi connectivity index (χ2n) is 5.72. The molecule has 120 valence electrons. The van der Waals surface area contributed by atoms with E-state index in [2.05, 4.69) is 6.07 Å². The highest BCUT2D eigenvalue weighted by Crippen LogP contribution is 2.32. The minimum Gasteiger partial charge on any atom is -0.459 e. The van der Waals surface area contributed by atoms with Crippen LogP contribution < -0.4 is 4.90 Å². The molecule has 1 unspecified atom stereocenters. The molecule has 0 saturated carbocycles. The molecule has 0 spiro atoms. The summed E-state index contributed by atoms with van der Waals surface area (Å²) in [6.07, 6.45) is 2.86. The first-order valence-electron chi connectivity index (χ1n) is 7.79. The number of anilines is 1. The summed E-state index contributed by atoms with van der Waals surface area (Å²) in [7, 11) is 3.98. The van der Waals surface area contributed by atoms with Gasteiger partial charge in [-0.05, 0) is 43.9 Å². The van der Waals surface area contributed by atoms with Crippen LogP contribution in [0.25, 0.3) is 0 Å². The van der Waals surface area contributed by atoms with Crippen LogP contribution in [-0.2, 0) is 14.3 Å².